The number of rotatable bonds is 14. The van der Waals surface area contributed by atoms with E-state index in [0.717, 1.165) is 20.9 Å². The van der Waals surface area contributed by atoms with E-state index < -0.39 is 17.1 Å². The van der Waals surface area contributed by atoms with Crippen LogP contribution in [0.1, 0.15) is 29.8 Å². The predicted molar refractivity (Wildman–Crippen MR) is 198 cm³/mol. The molecule has 3 amide bonds. The Labute approximate surface area is 298 Å². The van der Waals surface area contributed by atoms with E-state index in [1.54, 1.807) is 66.7 Å². The van der Waals surface area contributed by atoms with Crippen LogP contribution in [0.15, 0.2) is 95.5 Å². The lowest BCUT2D eigenvalue weighted by Crippen LogP contribution is -2.30. The van der Waals surface area contributed by atoms with E-state index in [4.69, 9.17) is 18.9 Å². The van der Waals surface area contributed by atoms with Crippen molar-refractivity contribution >= 4 is 67.9 Å². The Balaban J connectivity index is 1.29. The Morgan fingerprint density at radius 2 is 1.56 bits per heavy atom. The molecule has 0 bridgehead atoms. The van der Waals surface area contributed by atoms with Gasteiger partial charge in [-0.15, -0.1) is 11.8 Å². The molecule has 258 valence electrons. The van der Waals surface area contributed by atoms with Gasteiger partial charge in [-0.05, 0) is 80.6 Å². The van der Waals surface area contributed by atoms with Crippen molar-refractivity contribution in [1.29, 1.82) is 0 Å². The van der Waals surface area contributed by atoms with Gasteiger partial charge >= 0.3 is 0 Å². The summed E-state index contributed by atoms with van der Waals surface area (Å²) in [4.78, 5) is 45.1. The second-order valence-corrected chi connectivity index (χ2v) is 13.1. The summed E-state index contributed by atoms with van der Waals surface area (Å²) < 4.78 is 22.8. The number of carbonyl (C=O) groups excluding carboxylic acids is 3. The molecule has 4 aromatic carbocycles. The number of methoxy groups -OCH3 is 3. The van der Waals surface area contributed by atoms with Gasteiger partial charge in [-0.25, -0.2) is 4.98 Å². The van der Waals surface area contributed by atoms with Crippen LogP contribution in [0.2, 0.25) is 0 Å². The third-order valence-electron chi connectivity index (χ3n) is 7.26. The first kappa shape index (κ1) is 35.8. The van der Waals surface area contributed by atoms with Gasteiger partial charge < -0.3 is 34.9 Å². The summed E-state index contributed by atoms with van der Waals surface area (Å²) in [6.45, 7) is 4.30. The summed E-state index contributed by atoms with van der Waals surface area (Å²) in [5, 5.41) is 8.56. The second kappa shape index (κ2) is 16.7. The molecular formula is C37H36N4O7S2. The maximum atomic E-state index is 13.6. The average Bonchev–Trinajstić information content (AvgIpc) is 3.53. The van der Waals surface area contributed by atoms with Crippen LogP contribution in [0.4, 0.5) is 10.8 Å². The van der Waals surface area contributed by atoms with Crippen LogP contribution >= 0.6 is 23.1 Å². The Bertz CT molecular complexity index is 2010. The molecule has 0 aliphatic rings. The summed E-state index contributed by atoms with van der Waals surface area (Å²) >= 11 is 2.75. The lowest BCUT2D eigenvalue weighted by molar-refractivity contribution is -0.115. The number of fused-ring (bicyclic) bond motifs is 1. The van der Waals surface area contributed by atoms with Gasteiger partial charge in [0.2, 0.25) is 5.91 Å². The normalized spacial score (nSPS) is 11.7. The molecule has 5 aromatic rings. The van der Waals surface area contributed by atoms with E-state index in [2.05, 4.69) is 20.9 Å². The molecule has 0 aliphatic heterocycles. The molecule has 5 rings (SSSR count). The second-order valence-electron chi connectivity index (χ2n) is 10.6. The number of benzene rings is 4. The largest absolute Gasteiger partial charge is 0.496 e. The fourth-order valence-electron chi connectivity index (χ4n) is 4.76. The number of nitrogens with one attached hydrogen (secondary N) is 3. The van der Waals surface area contributed by atoms with E-state index in [9.17, 15) is 14.4 Å². The third-order valence-corrected chi connectivity index (χ3v) is 9.31. The van der Waals surface area contributed by atoms with Crippen LogP contribution in [0, 0.1) is 0 Å². The lowest BCUT2D eigenvalue weighted by Gasteiger charge is -2.15. The first-order chi connectivity index (χ1) is 24.2. The van der Waals surface area contributed by atoms with Crippen molar-refractivity contribution in [1.82, 2.24) is 10.3 Å². The fourth-order valence-corrected chi connectivity index (χ4v) is 6.52. The van der Waals surface area contributed by atoms with Gasteiger partial charge in [0.25, 0.3) is 11.8 Å². The summed E-state index contributed by atoms with van der Waals surface area (Å²) in [5.41, 5.74) is 2.09. The summed E-state index contributed by atoms with van der Waals surface area (Å²) in [6.07, 6.45) is 1.50. The smallest absolute Gasteiger partial charge is 0.272 e. The van der Waals surface area contributed by atoms with Crippen molar-refractivity contribution in [2.24, 2.45) is 0 Å². The zero-order valence-electron chi connectivity index (χ0n) is 28.1. The van der Waals surface area contributed by atoms with Crippen molar-refractivity contribution in [3.63, 3.8) is 0 Å². The van der Waals surface area contributed by atoms with Gasteiger partial charge in [-0.3, -0.25) is 14.4 Å². The van der Waals surface area contributed by atoms with Crippen molar-refractivity contribution in [2.75, 3.05) is 38.6 Å². The van der Waals surface area contributed by atoms with E-state index in [1.165, 1.54) is 50.5 Å². The van der Waals surface area contributed by atoms with Gasteiger partial charge in [-0.2, -0.15) is 0 Å². The molecule has 50 heavy (non-hydrogen) atoms. The molecule has 0 aliphatic carbocycles. The minimum Gasteiger partial charge on any atom is -0.496 e. The van der Waals surface area contributed by atoms with Gasteiger partial charge in [0.1, 0.15) is 17.2 Å². The molecule has 1 aromatic heterocycles. The molecular weight excluding hydrogens is 677 g/mol. The van der Waals surface area contributed by atoms with Gasteiger partial charge in [0.15, 0.2) is 16.6 Å². The molecule has 11 nitrogen and oxygen atoms in total. The molecule has 3 N–H and O–H groups in total. The number of aromatic nitrogens is 1. The first-order valence-corrected chi connectivity index (χ1v) is 17.2. The van der Waals surface area contributed by atoms with E-state index in [1.807, 2.05) is 32.0 Å². The quantitative estimate of drug-likeness (QED) is 0.0803. The molecule has 13 heteroatoms. The van der Waals surface area contributed by atoms with E-state index in [0.29, 0.717) is 45.8 Å². The summed E-state index contributed by atoms with van der Waals surface area (Å²) in [6, 6.07) is 24.5. The standard InChI is InChI=1S/C37H36N4O7S2/c1-6-48-26-14-17-28-33(20-26)50-37(40-28)41-34(42)22(2)49-27-15-12-25(13-16-27)38-36(44)29(39-35(43)23-10-8-7-9-11-23)18-24-19-31(46-4)32(47-5)21-30(24)45-3/h7-22H,6H2,1-5H3,(H,38,44)(H,39,43)(H,40,41,42)/b29-18-. The zero-order chi connectivity index (χ0) is 35.6. The molecule has 0 radical (unpaired) electrons. The fraction of sp³-hybridized carbons (Fsp3) is 0.189. The zero-order valence-corrected chi connectivity index (χ0v) is 29.7. The average molecular weight is 713 g/mol. The summed E-state index contributed by atoms with van der Waals surface area (Å²) in [5.74, 6) is 0.799. The van der Waals surface area contributed by atoms with Crippen LogP contribution in [0.5, 0.6) is 23.0 Å². The van der Waals surface area contributed by atoms with Crippen LogP contribution in [-0.4, -0.2) is 55.9 Å². The SMILES string of the molecule is CCOc1ccc2nc(NC(=O)C(C)Sc3ccc(NC(=O)/C(=C/c4cc(OC)c(OC)cc4OC)NC(=O)c4ccccc4)cc3)sc2c1. The van der Waals surface area contributed by atoms with E-state index >= 15 is 0 Å². The van der Waals surface area contributed by atoms with Crippen LogP contribution in [0.25, 0.3) is 16.3 Å². The highest BCUT2D eigenvalue weighted by Crippen LogP contribution is 2.36. The first-order valence-electron chi connectivity index (χ1n) is 15.5. The molecule has 1 unspecified atom stereocenters. The van der Waals surface area contributed by atoms with Gasteiger partial charge in [0.05, 0.1) is 43.4 Å². The Hall–Kier alpha value is -5.53. The molecule has 0 saturated carbocycles. The molecule has 0 fully saturated rings. The highest BCUT2D eigenvalue weighted by atomic mass is 32.2. The Morgan fingerprint density at radius 3 is 2.24 bits per heavy atom. The Kier molecular flexibility index (Phi) is 12.0. The third kappa shape index (κ3) is 8.92. The molecule has 1 atom stereocenters. The van der Waals surface area contributed by atoms with E-state index in [-0.39, 0.29) is 11.6 Å². The molecule has 1 heterocycles. The maximum Gasteiger partial charge on any atom is 0.272 e. The van der Waals surface area contributed by atoms with Crippen molar-refractivity contribution in [3.8, 4) is 23.0 Å². The number of nitrogens with zero attached hydrogens (tertiary/aromatic N) is 1. The summed E-state index contributed by atoms with van der Waals surface area (Å²) in [7, 11) is 4.50. The lowest BCUT2D eigenvalue weighted by atomic mass is 10.1. The highest BCUT2D eigenvalue weighted by Gasteiger charge is 2.20. The van der Waals surface area contributed by atoms with Crippen molar-refractivity contribution < 1.29 is 33.3 Å². The highest BCUT2D eigenvalue weighted by molar-refractivity contribution is 8.00. The predicted octanol–water partition coefficient (Wildman–Crippen LogP) is 7.25. The number of ether oxygens (including phenoxy) is 4. The number of anilines is 2. The topological polar surface area (TPSA) is 137 Å². The Morgan fingerprint density at radius 1 is 0.860 bits per heavy atom. The van der Waals surface area contributed by atoms with Crippen LogP contribution in [0.3, 0.4) is 0 Å². The minimum absolute atomic E-state index is 0.0305. The van der Waals surface area contributed by atoms with Crippen LogP contribution in [-0.2, 0) is 9.59 Å². The molecule has 0 saturated heterocycles. The monoisotopic (exact) mass is 712 g/mol. The molecule has 0 spiro atoms. The number of carbonyl (C=O) groups is 3. The number of thiazole rings is 1. The van der Waals surface area contributed by atoms with Gasteiger partial charge in [-0.1, -0.05) is 29.5 Å². The van der Waals surface area contributed by atoms with Gasteiger partial charge in [0, 0.05) is 27.8 Å². The number of hydrogen-bond acceptors (Lipinski definition) is 10. The number of hydrogen-bond donors (Lipinski definition) is 3. The van der Waals surface area contributed by atoms with Crippen LogP contribution < -0.4 is 34.9 Å². The van der Waals surface area contributed by atoms with Crippen molar-refractivity contribution in [3.05, 3.63) is 102 Å². The van der Waals surface area contributed by atoms with Crippen molar-refractivity contribution in [2.45, 2.75) is 24.0 Å². The number of thioether (sulfide) groups is 1. The minimum atomic E-state index is -0.566. The number of amides is 3. The maximum absolute atomic E-state index is 13.6.